The van der Waals surface area contributed by atoms with Crippen molar-refractivity contribution in [3.8, 4) is 27.9 Å². The molecule has 0 aliphatic carbocycles. The molecule has 31 heavy (non-hydrogen) atoms. The molecule has 1 unspecified atom stereocenters. The lowest BCUT2D eigenvalue weighted by Crippen LogP contribution is -2.47. The first kappa shape index (κ1) is 22.1. The summed E-state index contributed by atoms with van der Waals surface area (Å²) in [6.07, 6.45) is 3.98. The van der Waals surface area contributed by atoms with Gasteiger partial charge in [-0.3, -0.25) is 14.6 Å². The summed E-state index contributed by atoms with van der Waals surface area (Å²) in [5.74, 6) is -0.483. The van der Waals surface area contributed by atoms with Crippen molar-refractivity contribution in [1.29, 1.82) is 5.26 Å². The number of hydrogen-bond donors (Lipinski definition) is 2. The summed E-state index contributed by atoms with van der Waals surface area (Å²) in [5, 5.41) is 16.8. The second kappa shape index (κ2) is 10.5. The Morgan fingerprint density at radius 1 is 1.16 bits per heavy atom. The maximum absolute atomic E-state index is 12.7. The molecule has 0 saturated heterocycles. The molecule has 0 bridgehead atoms. The number of nitrogens with zero attached hydrogens (tertiary/aromatic N) is 3. The molecular formula is C23H23N5O2S. The number of nitrogens with one attached hydrogen (secondary N) is 2. The Kier molecular flexibility index (Phi) is 7.46. The molecule has 1 atom stereocenters. The predicted molar refractivity (Wildman–Crippen MR) is 120 cm³/mol. The standard InChI is InChI=1S/C23H23N5O2S/c1-15(2)12-19(22(30)26-11-9-24)27-21(29)17-7-5-16(6-8-17)20-14-31-23(28-20)18-4-3-10-25-13-18/h3-8,10,13-15,19H,11-12H2,1-2H3,(H,26,30)(H,27,29). The van der Waals surface area contributed by atoms with Crippen LogP contribution in [-0.4, -0.2) is 34.4 Å². The van der Waals surface area contributed by atoms with Crippen LogP contribution in [0.3, 0.4) is 0 Å². The summed E-state index contributed by atoms with van der Waals surface area (Å²) >= 11 is 1.53. The predicted octanol–water partition coefficient (Wildman–Crippen LogP) is 3.66. The van der Waals surface area contributed by atoms with Gasteiger partial charge >= 0.3 is 0 Å². The average Bonchev–Trinajstić information content (AvgIpc) is 3.27. The molecule has 1 aromatic carbocycles. The Balaban J connectivity index is 1.70. The van der Waals surface area contributed by atoms with Crippen LogP contribution in [0.25, 0.3) is 21.8 Å². The lowest BCUT2D eigenvalue weighted by molar-refractivity contribution is -0.123. The highest BCUT2D eigenvalue weighted by molar-refractivity contribution is 7.13. The van der Waals surface area contributed by atoms with Gasteiger partial charge in [-0.25, -0.2) is 4.98 Å². The van der Waals surface area contributed by atoms with Gasteiger partial charge in [-0.1, -0.05) is 26.0 Å². The van der Waals surface area contributed by atoms with E-state index >= 15 is 0 Å². The minimum atomic E-state index is -0.693. The van der Waals surface area contributed by atoms with E-state index in [9.17, 15) is 9.59 Å². The van der Waals surface area contributed by atoms with E-state index in [2.05, 4.69) is 20.6 Å². The van der Waals surface area contributed by atoms with Gasteiger partial charge in [0.1, 0.15) is 17.6 Å². The van der Waals surface area contributed by atoms with Crippen LogP contribution in [-0.2, 0) is 4.79 Å². The van der Waals surface area contributed by atoms with Crippen molar-refractivity contribution in [3.63, 3.8) is 0 Å². The minimum absolute atomic E-state index is 0.0906. The molecule has 0 aliphatic heterocycles. The average molecular weight is 434 g/mol. The number of pyridine rings is 1. The molecule has 2 amide bonds. The van der Waals surface area contributed by atoms with Gasteiger partial charge < -0.3 is 10.6 Å². The topological polar surface area (TPSA) is 108 Å². The van der Waals surface area contributed by atoms with E-state index in [1.165, 1.54) is 11.3 Å². The second-order valence-corrected chi connectivity index (χ2v) is 8.25. The molecule has 0 saturated carbocycles. The van der Waals surface area contributed by atoms with Crippen molar-refractivity contribution >= 4 is 23.2 Å². The van der Waals surface area contributed by atoms with Gasteiger partial charge in [0.15, 0.2) is 0 Å². The van der Waals surface area contributed by atoms with Gasteiger partial charge in [-0.2, -0.15) is 5.26 Å². The largest absolute Gasteiger partial charge is 0.341 e. The van der Waals surface area contributed by atoms with Gasteiger partial charge in [0.2, 0.25) is 5.91 Å². The number of hydrogen-bond acceptors (Lipinski definition) is 6. The highest BCUT2D eigenvalue weighted by Crippen LogP contribution is 2.28. The fourth-order valence-corrected chi connectivity index (χ4v) is 3.83. The van der Waals surface area contributed by atoms with E-state index in [0.29, 0.717) is 12.0 Å². The van der Waals surface area contributed by atoms with Gasteiger partial charge in [0.25, 0.3) is 5.91 Å². The number of amides is 2. The number of rotatable bonds is 8. The summed E-state index contributed by atoms with van der Waals surface area (Å²) in [4.78, 5) is 33.7. The third-order valence-corrected chi connectivity index (χ3v) is 5.42. The third kappa shape index (κ3) is 5.96. The number of carbonyl (C=O) groups is 2. The Labute approximate surface area is 185 Å². The Bertz CT molecular complexity index is 1070. The molecule has 158 valence electrons. The quantitative estimate of drug-likeness (QED) is 0.527. The lowest BCUT2D eigenvalue weighted by atomic mass is 10.0. The molecule has 0 spiro atoms. The van der Waals surface area contributed by atoms with Crippen molar-refractivity contribution in [3.05, 3.63) is 59.7 Å². The Morgan fingerprint density at radius 2 is 1.94 bits per heavy atom. The highest BCUT2D eigenvalue weighted by atomic mass is 32.1. The van der Waals surface area contributed by atoms with E-state index in [0.717, 1.165) is 21.8 Å². The summed E-state index contributed by atoms with van der Waals surface area (Å²) in [5.41, 5.74) is 3.13. The molecule has 2 N–H and O–H groups in total. The molecule has 3 rings (SSSR count). The minimum Gasteiger partial charge on any atom is -0.341 e. The fourth-order valence-electron chi connectivity index (χ4n) is 3.01. The number of nitriles is 1. The molecule has 0 fully saturated rings. The van der Waals surface area contributed by atoms with E-state index in [4.69, 9.17) is 5.26 Å². The van der Waals surface area contributed by atoms with Crippen LogP contribution in [0.15, 0.2) is 54.2 Å². The second-order valence-electron chi connectivity index (χ2n) is 7.39. The molecule has 2 heterocycles. The van der Waals surface area contributed by atoms with Gasteiger partial charge in [-0.15, -0.1) is 11.3 Å². The summed E-state index contributed by atoms with van der Waals surface area (Å²) < 4.78 is 0. The molecule has 0 radical (unpaired) electrons. The molecule has 7 nitrogen and oxygen atoms in total. The first-order valence-corrected chi connectivity index (χ1v) is 10.8. The monoisotopic (exact) mass is 433 g/mol. The van der Waals surface area contributed by atoms with E-state index in [1.54, 1.807) is 24.5 Å². The lowest BCUT2D eigenvalue weighted by Gasteiger charge is -2.19. The van der Waals surface area contributed by atoms with Crippen LogP contribution >= 0.6 is 11.3 Å². The first-order chi connectivity index (χ1) is 15.0. The summed E-state index contributed by atoms with van der Waals surface area (Å²) in [6.45, 7) is 3.85. The van der Waals surface area contributed by atoms with Crippen LogP contribution in [0.2, 0.25) is 0 Å². The van der Waals surface area contributed by atoms with Gasteiger partial charge in [-0.05, 0) is 36.6 Å². The van der Waals surface area contributed by atoms with Crippen LogP contribution in [0.4, 0.5) is 0 Å². The maximum Gasteiger partial charge on any atom is 0.251 e. The van der Waals surface area contributed by atoms with Crippen LogP contribution in [0.5, 0.6) is 0 Å². The number of aromatic nitrogens is 2. The number of benzene rings is 1. The normalized spacial score (nSPS) is 11.5. The number of thiazole rings is 1. The van der Waals surface area contributed by atoms with Gasteiger partial charge in [0, 0.05) is 34.5 Å². The van der Waals surface area contributed by atoms with Crippen molar-refractivity contribution in [1.82, 2.24) is 20.6 Å². The van der Waals surface area contributed by atoms with Crippen molar-refractivity contribution in [2.45, 2.75) is 26.3 Å². The summed E-state index contributed by atoms with van der Waals surface area (Å²) in [7, 11) is 0. The van der Waals surface area contributed by atoms with E-state index < -0.39 is 6.04 Å². The summed E-state index contributed by atoms with van der Waals surface area (Å²) in [6, 6.07) is 12.1. The van der Waals surface area contributed by atoms with Crippen LogP contribution < -0.4 is 10.6 Å². The molecule has 8 heteroatoms. The van der Waals surface area contributed by atoms with Crippen molar-refractivity contribution in [2.75, 3.05) is 6.54 Å². The first-order valence-electron chi connectivity index (χ1n) is 9.90. The third-order valence-electron chi connectivity index (χ3n) is 4.53. The molecule has 2 aromatic heterocycles. The Morgan fingerprint density at radius 3 is 2.58 bits per heavy atom. The zero-order valence-corrected chi connectivity index (χ0v) is 18.1. The maximum atomic E-state index is 12.7. The highest BCUT2D eigenvalue weighted by Gasteiger charge is 2.22. The van der Waals surface area contributed by atoms with E-state index in [1.807, 2.05) is 49.6 Å². The molecule has 3 aromatic rings. The SMILES string of the molecule is CC(C)CC(NC(=O)c1ccc(-c2csc(-c3cccnc3)n2)cc1)C(=O)NCC#N. The van der Waals surface area contributed by atoms with Crippen molar-refractivity contribution in [2.24, 2.45) is 5.92 Å². The molecule has 0 aliphatic rings. The van der Waals surface area contributed by atoms with Crippen molar-refractivity contribution < 1.29 is 9.59 Å². The van der Waals surface area contributed by atoms with Crippen LogP contribution in [0, 0.1) is 17.2 Å². The Hall–Kier alpha value is -3.57. The van der Waals surface area contributed by atoms with Crippen LogP contribution in [0.1, 0.15) is 30.6 Å². The van der Waals surface area contributed by atoms with E-state index in [-0.39, 0.29) is 24.3 Å². The zero-order chi connectivity index (χ0) is 22.2. The zero-order valence-electron chi connectivity index (χ0n) is 17.3. The van der Waals surface area contributed by atoms with Gasteiger partial charge in [0.05, 0.1) is 11.8 Å². The number of carbonyl (C=O) groups excluding carboxylic acids is 2. The smallest absolute Gasteiger partial charge is 0.251 e. The molecular weight excluding hydrogens is 410 g/mol. The fraction of sp³-hybridized carbons (Fsp3) is 0.261.